The fourth-order valence-electron chi connectivity index (χ4n) is 3.21. The van der Waals surface area contributed by atoms with E-state index in [4.69, 9.17) is 9.41 Å². The van der Waals surface area contributed by atoms with Gasteiger partial charge in [-0.1, -0.05) is 18.2 Å². The SMILES string of the molecule is CCNC(=NCC(C)(O)c1ccco1)N1CCC(CSc2ccccc2)C1.I. The Morgan fingerprint density at radius 3 is 2.79 bits per heavy atom. The summed E-state index contributed by atoms with van der Waals surface area (Å²) in [4.78, 5) is 8.32. The molecule has 1 aromatic carbocycles. The molecule has 7 heteroatoms. The number of aliphatic imine (C=N–C) groups is 1. The summed E-state index contributed by atoms with van der Waals surface area (Å²) in [6.07, 6.45) is 2.74. The lowest BCUT2D eigenvalue weighted by molar-refractivity contribution is 0.0435. The standard InChI is InChI=1S/C21H29N3O2S.HI/c1-3-22-20(23-16-21(2,25)19-10-7-13-26-19)24-12-11-17(14-24)15-27-18-8-5-4-6-9-18;/h4-10,13,17,25H,3,11-12,14-16H2,1-2H3,(H,22,23);1H. The molecule has 2 atom stereocenters. The normalized spacial score (nSPS) is 19.2. The van der Waals surface area contributed by atoms with Gasteiger partial charge in [0, 0.05) is 30.3 Å². The number of nitrogens with one attached hydrogen (secondary N) is 1. The van der Waals surface area contributed by atoms with Crippen LogP contribution in [0.25, 0.3) is 0 Å². The molecule has 1 aromatic heterocycles. The predicted octanol–water partition coefficient (Wildman–Crippen LogP) is 4.18. The number of nitrogens with zero attached hydrogens (tertiary/aromatic N) is 2. The molecule has 2 heterocycles. The highest BCUT2D eigenvalue weighted by molar-refractivity contribution is 14.0. The molecular formula is C21H30IN3O2S. The van der Waals surface area contributed by atoms with Gasteiger partial charge >= 0.3 is 0 Å². The number of likely N-dealkylation sites (tertiary alicyclic amines) is 1. The molecule has 1 aliphatic rings. The number of halogens is 1. The second-order valence-electron chi connectivity index (χ2n) is 7.15. The van der Waals surface area contributed by atoms with Crippen LogP contribution < -0.4 is 5.32 Å². The first-order valence-electron chi connectivity index (χ1n) is 9.56. The second kappa shape index (κ2) is 11.1. The Morgan fingerprint density at radius 2 is 2.11 bits per heavy atom. The van der Waals surface area contributed by atoms with E-state index in [1.165, 1.54) is 11.3 Å². The van der Waals surface area contributed by atoms with Crippen LogP contribution in [0.3, 0.4) is 0 Å². The molecule has 28 heavy (non-hydrogen) atoms. The molecule has 0 spiro atoms. The monoisotopic (exact) mass is 515 g/mol. The zero-order valence-corrected chi connectivity index (χ0v) is 19.7. The van der Waals surface area contributed by atoms with Gasteiger partial charge in [0.2, 0.25) is 0 Å². The molecule has 0 amide bonds. The molecular weight excluding hydrogens is 485 g/mol. The summed E-state index contributed by atoms with van der Waals surface area (Å²) in [6.45, 7) is 6.87. The molecule has 2 N–H and O–H groups in total. The van der Waals surface area contributed by atoms with Crippen molar-refractivity contribution in [2.75, 3.05) is 31.9 Å². The number of hydrogen-bond donors (Lipinski definition) is 2. The fraction of sp³-hybridized carbons (Fsp3) is 0.476. The van der Waals surface area contributed by atoms with Crippen LogP contribution in [0.4, 0.5) is 0 Å². The zero-order chi connectivity index (χ0) is 19.1. The molecule has 154 valence electrons. The number of hydrogen-bond acceptors (Lipinski definition) is 4. The van der Waals surface area contributed by atoms with Gasteiger partial charge in [-0.15, -0.1) is 35.7 Å². The number of benzene rings is 1. The minimum atomic E-state index is -1.10. The van der Waals surface area contributed by atoms with Gasteiger partial charge in [0.25, 0.3) is 0 Å². The van der Waals surface area contributed by atoms with Crippen molar-refractivity contribution in [1.29, 1.82) is 0 Å². The quantitative estimate of drug-likeness (QED) is 0.251. The summed E-state index contributed by atoms with van der Waals surface area (Å²) in [6, 6.07) is 14.1. The van der Waals surface area contributed by atoms with E-state index in [1.807, 2.05) is 11.8 Å². The number of aliphatic hydroxyl groups is 1. The van der Waals surface area contributed by atoms with Crippen molar-refractivity contribution in [1.82, 2.24) is 10.2 Å². The van der Waals surface area contributed by atoms with Crippen molar-refractivity contribution >= 4 is 41.7 Å². The Morgan fingerprint density at radius 1 is 1.32 bits per heavy atom. The van der Waals surface area contributed by atoms with Gasteiger partial charge in [-0.05, 0) is 50.5 Å². The molecule has 5 nitrogen and oxygen atoms in total. The topological polar surface area (TPSA) is 61.0 Å². The highest BCUT2D eigenvalue weighted by Crippen LogP contribution is 2.26. The van der Waals surface area contributed by atoms with E-state index in [9.17, 15) is 5.11 Å². The molecule has 2 aromatic rings. The molecule has 0 radical (unpaired) electrons. The van der Waals surface area contributed by atoms with Gasteiger partial charge in [0.05, 0.1) is 12.8 Å². The van der Waals surface area contributed by atoms with Crippen LogP contribution in [0.15, 0.2) is 63.0 Å². The molecule has 1 aliphatic heterocycles. The van der Waals surface area contributed by atoms with E-state index in [0.29, 0.717) is 11.7 Å². The van der Waals surface area contributed by atoms with Crippen molar-refractivity contribution in [3.63, 3.8) is 0 Å². The second-order valence-corrected chi connectivity index (χ2v) is 8.24. The van der Waals surface area contributed by atoms with E-state index < -0.39 is 5.60 Å². The third kappa shape index (κ3) is 6.42. The molecule has 3 rings (SSSR count). The van der Waals surface area contributed by atoms with E-state index >= 15 is 0 Å². The fourth-order valence-corrected chi connectivity index (χ4v) is 4.26. The number of guanidine groups is 1. The lowest BCUT2D eigenvalue weighted by atomic mass is 10.0. The van der Waals surface area contributed by atoms with E-state index in [1.54, 1.807) is 25.3 Å². The van der Waals surface area contributed by atoms with E-state index in [2.05, 4.69) is 47.5 Å². The summed E-state index contributed by atoms with van der Waals surface area (Å²) in [7, 11) is 0. The molecule has 2 unspecified atom stereocenters. The van der Waals surface area contributed by atoms with Crippen LogP contribution in [0.5, 0.6) is 0 Å². The van der Waals surface area contributed by atoms with Crippen LogP contribution in [0, 0.1) is 5.92 Å². The highest BCUT2D eigenvalue weighted by atomic mass is 127. The molecule has 0 bridgehead atoms. The van der Waals surface area contributed by atoms with Gasteiger partial charge in [0.1, 0.15) is 11.4 Å². The summed E-state index contributed by atoms with van der Waals surface area (Å²) < 4.78 is 5.35. The van der Waals surface area contributed by atoms with Crippen LogP contribution in [-0.4, -0.2) is 47.9 Å². The Balaban J connectivity index is 0.00000280. The summed E-state index contributed by atoms with van der Waals surface area (Å²) in [5.74, 6) is 3.17. The maximum absolute atomic E-state index is 10.6. The first kappa shape index (κ1) is 23.1. The average molecular weight is 515 g/mol. The Bertz CT molecular complexity index is 723. The number of furan rings is 1. The van der Waals surface area contributed by atoms with E-state index in [-0.39, 0.29) is 30.5 Å². The lowest BCUT2D eigenvalue weighted by Crippen LogP contribution is -2.41. The van der Waals surface area contributed by atoms with Gasteiger partial charge < -0.3 is 19.7 Å². The van der Waals surface area contributed by atoms with Crippen LogP contribution in [0.2, 0.25) is 0 Å². The maximum Gasteiger partial charge on any atom is 0.194 e. The minimum absolute atomic E-state index is 0. The Kier molecular flexibility index (Phi) is 9.17. The van der Waals surface area contributed by atoms with Gasteiger partial charge in [-0.3, -0.25) is 0 Å². The van der Waals surface area contributed by atoms with Gasteiger partial charge in [-0.2, -0.15) is 0 Å². The van der Waals surface area contributed by atoms with E-state index in [0.717, 1.165) is 31.3 Å². The molecule has 1 saturated heterocycles. The number of rotatable bonds is 7. The Hall–Kier alpha value is -1.19. The summed E-state index contributed by atoms with van der Waals surface area (Å²) in [5, 5.41) is 14.0. The predicted molar refractivity (Wildman–Crippen MR) is 127 cm³/mol. The number of thioether (sulfide) groups is 1. The van der Waals surface area contributed by atoms with Crippen LogP contribution in [0.1, 0.15) is 26.0 Å². The van der Waals surface area contributed by atoms with Crippen LogP contribution in [-0.2, 0) is 5.60 Å². The van der Waals surface area contributed by atoms with Crippen molar-refractivity contribution in [3.8, 4) is 0 Å². The summed E-state index contributed by atoms with van der Waals surface area (Å²) >= 11 is 1.92. The zero-order valence-electron chi connectivity index (χ0n) is 16.5. The van der Waals surface area contributed by atoms with Crippen molar-refractivity contribution in [2.24, 2.45) is 10.9 Å². The minimum Gasteiger partial charge on any atom is -0.466 e. The third-order valence-corrected chi connectivity index (χ3v) is 5.98. The van der Waals surface area contributed by atoms with Crippen LogP contribution >= 0.6 is 35.7 Å². The molecule has 0 aliphatic carbocycles. The summed E-state index contributed by atoms with van der Waals surface area (Å²) in [5.41, 5.74) is -1.10. The Labute approximate surface area is 189 Å². The smallest absolute Gasteiger partial charge is 0.194 e. The maximum atomic E-state index is 10.6. The average Bonchev–Trinajstić information content (AvgIpc) is 3.36. The molecule has 0 saturated carbocycles. The lowest BCUT2D eigenvalue weighted by Gasteiger charge is -2.24. The highest BCUT2D eigenvalue weighted by Gasteiger charge is 2.28. The van der Waals surface area contributed by atoms with Crippen molar-refractivity contribution in [3.05, 3.63) is 54.5 Å². The first-order chi connectivity index (χ1) is 13.1. The van der Waals surface area contributed by atoms with Gasteiger partial charge in [0.15, 0.2) is 5.96 Å². The van der Waals surface area contributed by atoms with Crippen molar-refractivity contribution in [2.45, 2.75) is 30.8 Å². The largest absolute Gasteiger partial charge is 0.466 e. The molecule has 1 fully saturated rings. The van der Waals surface area contributed by atoms with Gasteiger partial charge in [-0.25, -0.2) is 4.99 Å². The first-order valence-corrected chi connectivity index (χ1v) is 10.5. The third-order valence-electron chi connectivity index (χ3n) is 4.74. The van der Waals surface area contributed by atoms with Crippen molar-refractivity contribution < 1.29 is 9.52 Å².